The molecular formula is C48H30O. The van der Waals surface area contributed by atoms with E-state index in [2.05, 4.69) is 30.3 Å². The fourth-order valence-electron chi connectivity index (χ4n) is 7.30. The third-order valence-electron chi connectivity index (χ3n) is 9.49. The van der Waals surface area contributed by atoms with Gasteiger partial charge >= 0.3 is 0 Å². The Morgan fingerprint density at radius 2 is 0.918 bits per heavy atom. The summed E-state index contributed by atoms with van der Waals surface area (Å²) >= 11 is 0. The lowest BCUT2D eigenvalue weighted by Gasteiger charge is -2.18. The molecule has 0 bridgehead atoms. The molecule has 10 aromatic rings. The minimum absolute atomic E-state index is 0.0142. The van der Waals surface area contributed by atoms with Crippen LogP contribution in [-0.2, 0) is 0 Å². The van der Waals surface area contributed by atoms with Gasteiger partial charge in [0.15, 0.2) is 0 Å². The van der Waals surface area contributed by atoms with Crippen molar-refractivity contribution in [2.75, 3.05) is 0 Å². The van der Waals surface area contributed by atoms with Crippen molar-refractivity contribution in [3.8, 4) is 44.5 Å². The van der Waals surface area contributed by atoms with Gasteiger partial charge < -0.3 is 4.42 Å². The van der Waals surface area contributed by atoms with Crippen LogP contribution in [0.2, 0.25) is 0 Å². The number of hydrogen-bond donors (Lipinski definition) is 0. The Hall–Kier alpha value is -6.44. The minimum Gasteiger partial charge on any atom is -0.456 e. The Labute approximate surface area is 292 Å². The van der Waals surface area contributed by atoms with Gasteiger partial charge in [0, 0.05) is 10.8 Å². The van der Waals surface area contributed by atoms with Gasteiger partial charge in [-0.3, -0.25) is 0 Å². The van der Waals surface area contributed by atoms with E-state index in [1.165, 1.54) is 0 Å². The molecule has 0 aliphatic carbocycles. The van der Waals surface area contributed by atoms with Gasteiger partial charge in [0.25, 0.3) is 0 Å². The molecule has 9 aromatic carbocycles. The van der Waals surface area contributed by atoms with Crippen LogP contribution in [0.4, 0.5) is 0 Å². The molecule has 0 spiro atoms. The van der Waals surface area contributed by atoms with E-state index in [0.29, 0.717) is 22.3 Å². The van der Waals surface area contributed by atoms with Crippen LogP contribution in [0.5, 0.6) is 0 Å². The molecule has 0 aliphatic heterocycles. The summed E-state index contributed by atoms with van der Waals surface area (Å²) in [6.45, 7) is 0. The highest BCUT2D eigenvalue weighted by atomic mass is 16.3. The van der Waals surface area contributed by atoms with Crippen molar-refractivity contribution in [2.45, 2.75) is 0 Å². The molecule has 0 saturated carbocycles. The number of rotatable bonds is 4. The second-order valence-corrected chi connectivity index (χ2v) is 12.3. The van der Waals surface area contributed by atoms with Crippen molar-refractivity contribution in [3.05, 3.63) is 182 Å². The average molecular weight is 629 g/mol. The van der Waals surface area contributed by atoms with Crippen LogP contribution >= 0.6 is 0 Å². The predicted octanol–water partition coefficient (Wildman–Crippen LogP) is 13.7. The van der Waals surface area contributed by atoms with Crippen LogP contribution in [-0.4, -0.2) is 0 Å². The highest BCUT2D eigenvalue weighted by Crippen LogP contribution is 2.44. The molecule has 0 N–H and O–H groups in total. The molecule has 0 amide bonds. The monoisotopic (exact) mass is 628 g/mol. The number of benzene rings is 9. The Bertz CT molecular complexity index is 3150. The molecular weight excluding hydrogens is 593 g/mol. The van der Waals surface area contributed by atoms with Gasteiger partial charge in [-0.05, 0) is 107 Å². The second-order valence-electron chi connectivity index (χ2n) is 12.3. The van der Waals surface area contributed by atoms with E-state index >= 15 is 0 Å². The summed E-state index contributed by atoms with van der Waals surface area (Å²) in [5, 5.41) is 5.39. The Balaban J connectivity index is 1.22. The van der Waals surface area contributed by atoms with Gasteiger partial charge in [0.05, 0.1) is 8.22 Å². The van der Waals surface area contributed by atoms with E-state index in [1.54, 1.807) is 6.07 Å². The third-order valence-corrected chi connectivity index (χ3v) is 9.49. The van der Waals surface area contributed by atoms with Crippen LogP contribution in [0.15, 0.2) is 186 Å². The molecule has 0 radical (unpaired) electrons. The number of furan rings is 1. The number of fused-ring (bicyclic) bond motifs is 6. The summed E-state index contributed by atoms with van der Waals surface area (Å²) < 4.78 is 62.9. The first-order valence-corrected chi connectivity index (χ1v) is 16.4. The molecule has 1 nitrogen and oxygen atoms in total. The summed E-state index contributed by atoms with van der Waals surface area (Å²) in [6.07, 6.45) is 0. The highest BCUT2D eigenvalue weighted by molar-refractivity contribution is 6.21. The van der Waals surface area contributed by atoms with Gasteiger partial charge in [-0.2, -0.15) is 0 Å². The van der Waals surface area contributed by atoms with Gasteiger partial charge in [-0.25, -0.2) is 0 Å². The van der Waals surface area contributed by atoms with Crippen LogP contribution in [0.3, 0.4) is 0 Å². The topological polar surface area (TPSA) is 13.1 Å². The molecule has 0 fully saturated rings. The molecule has 1 heteroatoms. The normalized spacial score (nSPS) is 13.4. The van der Waals surface area contributed by atoms with Gasteiger partial charge in [-0.15, -0.1) is 0 Å². The second kappa shape index (κ2) is 11.1. The van der Waals surface area contributed by atoms with E-state index in [0.717, 1.165) is 54.6 Å². The quantitative estimate of drug-likeness (QED) is 0.177. The van der Waals surface area contributed by atoms with E-state index in [1.807, 2.05) is 109 Å². The lowest BCUT2D eigenvalue weighted by Crippen LogP contribution is -1.90. The largest absolute Gasteiger partial charge is 0.456 e. The molecule has 228 valence electrons. The zero-order valence-electron chi connectivity index (χ0n) is 32.3. The van der Waals surface area contributed by atoms with Crippen molar-refractivity contribution in [2.24, 2.45) is 0 Å². The maximum Gasteiger partial charge on any atom is 0.136 e. The molecule has 0 unspecified atom stereocenters. The van der Waals surface area contributed by atoms with E-state index < -0.39 is 0 Å². The zero-order chi connectivity index (χ0) is 37.5. The summed E-state index contributed by atoms with van der Waals surface area (Å²) in [6, 6.07) is 46.3. The standard InChI is InChI=1S/C48H30O/c1-3-12-31(13-4-1)38-20-11-21-44-48(38)43-27-26-36(30-45(43)49-44)34-22-23-35-29-37(25-24-33(35)28-34)47-41-18-9-7-16-39(41)46(32-14-5-2-6-15-32)40-17-8-10-19-42(40)47/h1-30H/i22D,23D,24D,25D,28D,29D. The Kier molecular flexibility index (Phi) is 5.02. The fourth-order valence-corrected chi connectivity index (χ4v) is 7.30. The average Bonchev–Trinajstić information content (AvgIpc) is 3.60. The van der Waals surface area contributed by atoms with Crippen LogP contribution in [0.25, 0.3) is 98.8 Å². The van der Waals surface area contributed by atoms with Crippen molar-refractivity contribution >= 4 is 54.3 Å². The molecule has 49 heavy (non-hydrogen) atoms. The Morgan fingerprint density at radius 1 is 0.367 bits per heavy atom. The lowest BCUT2D eigenvalue weighted by molar-refractivity contribution is 0.669. The van der Waals surface area contributed by atoms with Gasteiger partial charge in [0.1, 0.15) is 11.2 Å². The van der Waals surface area contributed by atoms with Gasteiger partial charge in [0.2, 0.25) is 0 Å². The maximum absolute atomic E-state index is 9.65. The Morgan fingerprint density at radius 3 is 1.57 bits per heavy atom. The van der Waals surface area contributed by atoms with Crippen molar-refractivity contribution < 1.29 is 12.6 Å². The molecule has 1 heterocycles. The lowest BCUT2D eigenvalue weighted by atomic mass is 9.85. The van der Waals surface area contributed by atoms with Crippen LogP contribution < -0.4 is 0 Å². The molecule has 0 atom stereocenters. The zero-order valence-corrected chi connectivity index (χ0v) is 26.3. The number of hydrogen-bond acceptors (Lipinski definition) is 1. The van der Waals surface area contributed by atoms with Crippen molar-refractivity contribution in [3.63, 3.8) is 0 Å². The minimum atomic E-state index is -0.258. The maximum atomic E-state index is 9.65. The summed E-state index contributed by atoms with van der Waals surface area (Å²) in [5.74, 6) is 0. The van der Waals surface area contributed by atoms with Crippen molar-refractivity contribution in [1.29, 1.82) is 0 Å². The molecule has 0 saturated heterocycles. The van der Waals surface area contributed by atoms with Crippen LogP contribution in [0, 0.1) is 0 Å². The molecule has 1 aromatic heterocycles. The first-order valence-electron chi connectivity index (χ1n) is 19.4. The van der Waals surface area contributed by atoms with E-state index in [9.17, 15) is 8.22 Å². The summed E-state index contributed by atoms with van der Waals surface area (Å²) in [4.78, 5) is 0. The fraction of sp³-hybridized carbons (Fsp3) is 0. The van der Waals surface area contributed by atoms with E-state index in [4.69, 9.17) is 4.42 Å². The highest BCUT2D eigenvalue weighted by Gasteiger charge is 2.17. The van der Waals surface area contributed by atoms with Gasteiger partial charge in [-0.1, -0.05) is 152 Å². The summed E-state index contributed by atoms with van der Waals surface area (Å²) in [5.41, 5.74) is 6.93. The first-order chi connectivity index (χ1) is 26.8. The molecule has 0 aliphatic rings. The first kappa shape index (κ1) is 22.2. The SMILES string of the molecule is [2H]c1c(-c2c3ccccc3c(-c3ccccc3)c3ccccc23)c([2H])c2c([2H])c([2H])c(-c3ccc4c(c3)oc3cccc(-c5ccccc5)c34)c([2H])c2c1[2H]. The third kappa shape index (κ3) is 4.47. The summed E-state index contributed by atoms with van der Waals surface area (Å²) in [7, 11) is 0. The smallest absolute Gasteiger partial charge is 0.136 e. The molecule has 10 rings (SSSR count). The predicted molar refractivity (Wildman–Crippen MR) is 208 cm³/mol. The van der Waals surface area contributed by atoms with Crippen LogP contribution in [0.1, 0.15) is 8.22 Å². The van der Waals surface area contributed by atoms with E-state index in [-0.39, 0.29) is 58.2 Å². The van der Waals surface area contributed by atoms with Crippen molar-refractivity contribution in [1.82, 2.24) is 0 Å².